The molecule has 0 amide bonds. The van der Waals surface area contributed by atoms with Gasteiger partial charge in [0.1, 0.15) is 5.75 Å². The van der Waals surface area contributed by atoms with Crippen LogP contribution in [0.2, 0.25) is 0 Å². The maximum absolute atomic E-state index is 13.7. The van der Waals surface area contributed by atoms with Gasteiger partial charge in [-0.15, -0.1) is 0 Å². The molecule has 0 bridgehead atoms. The van der Waals surface area contributed by atoms with Crippen molar-refractivity contribution < 1.29 is 18.3 Å². The molecule has 0 radical (unpaired) electrons. The number of piperidine rings is 1. The lowest BCUT2D eigenvalue weighted by molar-refractivity contribution is 0.214. The van der Waals surface area contributed by atoms with Crippen LogP contribution in [0.15, 0.2) is 48.5 Å². The molecular weight excluding hydrogens is 411 g/mol. The fourth-order valence-electron chi connectivity index (χ4n) is 3.88. The van der Waals surface area contributed by atoms with Crippen LogP contribution in [0.5, 0.6) is 5.75 Å². The van der Waals surface area contributed by atoms with Crippen LogP contribution in [-0.4, -0.2) is 32.9 Å². The van der Waals surface area contributed by atoms with Crippen molar-refractivity contribution in [3.8, 4) is 5.75 Å². The van der Waals surface area contributed by atoms with E-state index < -0.39 is 13.4 Å². The SMILES string of the molecule is CCOc1ccc(NC(c2ccc(N3CCCCC3)cc2)P(=O)(OCC)OCC)cc1. The van der Waals surface area contributed by atoms with Gasteiger partial charge in [0.15, 0.2) is 5.78 Å². The van der Waals surface area contributed by atoms with E-state index in [0.29, 0.717) is 19.8 Å². The Morgan fingerprint density at radius 1 is 0.871 bits per heavy atom. The van der Waals surface area contributed by atoms with Gasteiger partial charge in [0.05, 0.1) is 19.8 Å². The van der Waals surface area contributed by atoms with Crippen LogP contribution >= 0.6 is 7.60 Å². The Morgan fingerprint density at radius 3 is 2.03 bits per heavy atom. The first-order chi connectivity index (χ1) is 15.1. The number of ether oxygens (including phenoxy) is 1. The molecule has 2 aromatic carbocycles. The number of rotatable bonds is 11. The number of hydrogen-bond donors (Lipinski definition) is 1. The zero-order chi connectivity index (χ0) is 22.1. The summed E-state index contributed by atoms with van der Waals surface area (Å²) < 4.78 is 30.7. The van der Waals surface area contributed by atoms with Crippen molar-refractivity contribution in [3.05, 3.63) is 54.1 Å². The van der Waals surface area contributed by atoms with Crippen LogP contribution < -0.4 is 15.0 Å². The van der Waals surface area contributed by atoms with E-state index in [1.54, 1.807) is 0 Å². The average molecular weight is 447 g/mol. The van der Waals surface area contributed by atoms with Crippen molar-refractivity contribution in [3.63, 3.8) is 0 Å². The highest BCUT2D eigenvalue weighted by Gasteiger charge is 2.37. The summed E-state index contributed by atoms with van der Waals surface area (Å²) >= 11 is 0. The maximum Gasteiger partial charge on any atom is 0.357 e. The molecule has 3 rings (SSSR count). The lowest BCUT2D eigenvalue weighted by Gasteiger charge is -2.30. The Bertz CT molecular complexity index is 826. The van der Waals surface area contributed by atoms with Gasteiger partial charge in [0.2, 0.25) is 0 Å². The number of benzene rings is 2. The molecule has 0 saturated carbocycles. The Balaban J connectivity index is 1.88. The molecule has 31 heavy (non-hydrogen) atoms. The number of nitrogens with zero attached hydrogens (tertiary/aromatic N) is 1. The minimum Gasteiger partial charge on any atom is -0.494 e. The lowest BCUT2D eigenvalue weighted by Crippen LogP contribution is -2.29. The molecule has 2 aromatic rings. The molecule has 0 aromatic heterocycles. The highest BCUT2D eigenvalue weighted by molar-refractivity contribution is 7.54. The van der Waals surface area contributed by atoms with Gasteiger partial charge in [0.25, 0.3) is 0 Å². The Hall–Kier alpha value is -2.01. The predicted octanol–water partition coefficient (Wildman–Crippen LogP) is 6.45. The third-order valence-corrected chi connectivity index (χ3v) is 7.63. The summed E-state index contributed by atoms with van der Waals surface area (Å²) in [4.78, 5) is 2.41. The summed E-state index contributed by atoms with van der Waals surface area (Å²) in [7, 11) is -3.44. The van der Waals surface area contributed by atoms with E-state index >= 15 is 0 Å². The number of anilines is 2. The third kappa shape index (κ3) is 6.25. The third-order valence-electron chi connectivity index (χ3n) is 5.33. The summed E-state index contributed by atoms with van der Waals surface area (Å²) in [5, 5.41) is 3.39. The van der Waals surface area contributed by atoms with Crippen LogP contribution in [0.1, 0.15) is 51.4 Å². The fraction of sp³-hybridized carbons (Fsp3) is 0.500. The van der Waals surface area contributed by atoms with Gasteiger partial charge in [-0.1, -0.05) is 12.1 Å². The lowest BCUT2D eigenvalue weighted by atomic mass is 10.1. The monoisotopic (exact) mass is 446 g/mol. The maximum atomic E-state index is 13.7. The minimum atomic E-state index is -3.44. The first kappa shape index (κ1) is 23.6. The van der Waals surface area contributed by atoms with Crippen molar-refractivity contribution in [1.29, 1.82) is 0 Å². The Morgan fingerprint density at radius 2 is 1.48 bits per heavy atom. The van der Waals surface area contributed by atoms with E-state index in [4.69, 9.17) is 13.8 Å². The van der Waals surface area contributed by atoms with Crippen LogP contribution in [0.3, 0.4) is 0 Å². The molecule has 1 heterocycles. The number of nitrogens with one attached hydrogen (secondary N) is 1. The second-order valence-corrected chi connectivity index (χ2v) is 9.63. The summed E-state index contributed by atoms with van der Waals surface area (Å²) in [6, 6.07) is 15.9. The fourth-order valence-corrected chi connectivity index (χ4v) is 5.82. The van der Waals surface area contributed by atoms with E-state index in [1.807, 2.05) is 57.2 Å². The summed E-state index contributed by atoms with van der Waals surface area (Å²) in [5.74, 6) is 0.189. The second-order valence-electron chi connectivity index (χ2n) is 7.52. The number of hydrogen-bond acceptors (Lipinski definition) is 6. The van der Waals surface area contributed by atoms with Crippen LogP contribution in [-0.2, 0) is 13.6 Å². The van der Waals surface area contributed by atoms with Crippen LogP contribution in [0, 0.1) is 0 Å². The smallest absolute Gasteiger partial charge is 0.357 e. The normalized spacial score (nSPS) is 15.5. The molecule has 1 fully saturated rings. The zero-order valence-electron chi connectivity index (χ0n) is 18.9. The topological polar surface area (TPSA) is 60.0 Å². The largest absolute Gasteiger partial charge is 0.494 e. The van der Waals surface area contributed by atoms with Crippen molar-refractivity contribution in [2.24, 2.45) is 0 Å². The molecule has 1 saturated heterocycles. The summed E-state index contributed by atoms with van der Waals surface area (Å²) in [6.07, 6.45) is 3.76. The molecule has 1 aliphatic heterocycles. The van der Waals surface area contributed by atoms with Gasteiger partial charge >= 0.3 is 7.60 Å². The van der Waals surface area contributed by atoms with E-state index in [9.17, 15) is 4.57 Å². The van der Waals surface area contributed by atoms with Gasteiger partial charge in [-0.2, -0.15) is 0 Å². The Labute approximate surface area is 186 Å². The standard InChI is InChI=1S/C24H35N2O4P/c1-4-28-23-16-12-21(13-17-23)25-24(31(27,29-5-2)30-6-3)20-10-14-22(15-11-20)26-18-8-7-9-19-26/h10-17,24-25H,4-9,18-19H2,1-3H3. The molecule has 170 valence electrons. The molecule has 0 spiro atoms. The van der Waals surface area contributed by atoms with Gasteiger partial charge in [0, 0.05) is 24.5 Å². The van der Waals surface area contributed by atoms with Crippen LogP contribution in [0.4, 0.5) is 11.4 Å². The van der Waals surface area contributed by atoms with E-state index in [1.165, 1.54) is 24.9 Å². The first-order valence-corrected chi connectivity index (χ1v) is 12.9. The van der Waals surface area contributed by atoms with Gasteiger partial charge in [-0.3, -0.25) is 4.57 Å². The van der Waals surface area contributed by atoms with Gasteiger partial charge in [-0.05, 0) is 82.0 Å². The zero-order valence-corrected chi connectivity index (χ0v) is 19.8. The molecule has 1 unspecified atom stereocenters. The molecule has 1 aliphatic rings. The highest BCUT2D eigenvalue weighted by atomic mass is 31.2. The van der Waals surface area contributed by atoms with Crippen molar-refractivity contribution in [1.82, 2.24) is 0 Å². The summed E-state index contributed by atoms with van der Waals surface area (Å²) in [5.41, 5.74) is 2.90. The minimum absolute atomic E-state index is 0.310. The second kappa shape index (κ2) is 11.6. The van der Waals surface area contributed by atoms with E-state index in [0.717, 1.165) is 30.1 Å². The molecule has 7 heteroatoms. The highest BCUT2D eigenvalue weighted by Crippen LogP contribution is 2.60. The first-order valence-electron chi connectivity index (χ1n) is 11.3. The van der Waals surface area contributed by atoms with Crippen molar-refractivity contribution in [2.45, 2.75) is 45.8 Å². The van der Waals surface area contributed by atoms with Crippen LogP contribution in [0.25, 0.3) is 0 Å². The van der Waals surface area contributed by atoms with Gasteiger partial charge < -0.3 is 24.0 Å². The quantitative estimate of drug-likeness (QED) is 0.400. The molecule has 0 aliphatic carbocycles. The molecular formula is C24H35N2O4P. The van der Waals surface area contributed by atoms with E-state index in [2.05, 4.69) is 22.3 Å². The molecule has 6 nitrogen and oxygen atoms in total. The van der Waals surface area contributed by atoms with Crippen molar-refractivity contribution >= 4 is 19.0 Å². The van der Waals surface area contributed by atoms with E-state index in [-0.39, 0.29) is 0 Å². The predicted molar refractivity (Wildman–Crippen MR) is 127 cm³/mol. The van der Waals surface area contributed by atoms with Gasteiger partial charge in [-0.25, -0.2) is 0 Å². The average Bonchev–Trinajstić information content (AvgIpc) is 2.80. The Kier molecular flexibility index (Phi) is 8.82. The van der Waals surface area contributed by atoms with Crippen molar-refractivity contribution in [2.75, 3.05) is 43.1 Å². The summed E-state index contributed by atoms with van der Waals surface area (Å²) in [6.45, 7) is 9.03. The molecule has 1 N–H and O–H groups in total. The molecule has 1 atom stereocenters.